The molecule has 0 saturated carbocycles. The van der Waals surface area contributed by atoms with Crippen LogP contribution in [0.15, 0.2) is 0 Å². The first-order valence-corrected chi connectivity index (χ1v) is 5.91. The van der Waals surface area contributed by atoms with Gasteiger partial charge in [-0.05, 0) is 38.3 Å². The number of likely N-dealkylation sites (tertiary alicyclic amines) is 1. The standard InChI is InChI=1S/C12H25N/c1-4-6-8-12(7-5-2)9-10-13(3)11-12/h4-11H2,1-3H3. The van der Waals surface area contributed by atoms with Gasteiger partial charge in [0.05, 0.1) is 0 Å². The number of rotatable bonds is 5. The minimum Gasteiger partial charge on any atom is -0.306 e. The van der Waals surface area contributed by atoms with E-state index >= 15 is 0 Å². The molecule has 1 heterocycles. The van der Waals surface area contributed by atoms with Crippen molar-refractivity contribution in [1.82, 2.24) is 4.90 Å². The van der Waals surface area contributed by atoms with Crippen LogP contribution in [0.4, 0.5) is 0 Å². The van der Waals surface area contributed by atoms with Gasteiger partial charge in [0.15, 0.2) is 0 Å². The van der Waals surface area contributed by atoms with Crippen LogP contribution in [0.1, 0.15) is 52.4 Å². The fraction of sp³-hybridized carbons (Fsp3) is 1.00. The molecule has 0 N–H and O–H groups in total. The third-order valence-electron chi connectivity index (χ3n) is 3.47. The lowest BCUT2D eigenvalue weighted by atomic mass is 9.78. The normalized spacial score (nSPS) is 29.8. The molecule has 0 amide bonds. The van der Waals surface area contributed by atoms with Gasteiger partial charge in [0.2, 0.25) is 0 Å². The van der Waals surface area contributed by atoms with E-state index in [2.05, 4.69) is 25.8 Å². The Bertz CT molecular complexity index is 140. The molecule has 78 valence electrons. The summed E-state index contributed by atoms with van der Waals surface area (Å²) in [5, 5.41) is 0. The monoisotopic (exact) mass is 183 g/mol. The Kier molecular flexibility index (Phi) is 4.24. The lowest BCUT2D eigenvalue weighted by molar-refractivity contribution is 0.232. The summed E-state index contributed by atoms with van der Waals surface area (Å²) in [4.78, 5) is 2.51. The molecule has 0 aromatic heterocycles. The van der Waals surface area contributed by atoms with Crippen molar-refractivity contribution in [2.45, 2.75) is 52.4 Å². The zero-order valence-corrected chi connectivity index (χ0v) is 9.60. The average Bonchev–Trinajstić information content (AvgIpc) is 2.46. The third-order valence-corrected chi connectivity index (χ3v) is 3.47. The van der Waals surface area contributed by atoms with E-state index in [1.807, 2.05) is 0 Å². The van der Waals surface area contributed by atoms with E-state index in [9.17, 15) is 0 Å². The highest BCUT2D eigenvalue weighted by molar-refractivity contribution is 4.88. The molecule has 0 radical (unpaired) electrons. The fourth-order valence-corrected chi connectivity index (χ4v) is 2.77. The predicted molar refractivity (Wildman–Crippen MR) is 59.0 cm³/mol. The molecule has 0 aromatic carbocycles. The summed E-state index contributed by atoms with van der Waals surface area (Å²) in [6.45, 7) is 7.30. The Morgan fingerprint density at radius 2 is 1.92 bits per heavy atom. The molecular weight excluding hydrogens is 158 g/mol. The highest BCUT2D eigenvalue weighted by Gasteiger charge is 2.34. The minimum atomic E-state index is 0.694. The SMILES string of the molecule is CCCCC1(CCC)CCN(C)C1. The molecule has 1 heteroatoms. The van der Waals surface area contributed by atoms with Gasteiger partial charge in [-0.3, -0.25) is 0 Å². The van der Waals surface area contributed by atoms with Crippen molar-refractivity contribution >= 4 is 0 Å². The second-order valence-corrected chi connectivity index (χ2v) is 4.84. The highest BCUT2D eigenvalue weighted by atomic mass is 15.1. The van der Waals surface area contributed by atoms with Crippen LogP contribution in [0.3, 0.4) is 0 Å². The molecule has 1 unspecified atom stereocenters. The Morgan fingerprint density at radius 3 is 2.38 bits per heavy atom. The average molecular weight is 183 g/mol. The maximum absolute atomic E-state index is 2.51. The van der Waals surface area contributed by atoms with Crippen LogP contribution in [-0.2, 0) is 0 Å². The lowest BCUT2D eigenvalue weighted by Gasteiger charge is -2.28. The Hall–Kier alpha value is -0.0400. The van der Waals surface area contributed by atoms with Gasteiger partial charge in [0, 0.05) is 6.54 Å². The van der Waals surface area contributed by atoms with Gasteiger partial charge in [0.1, 0.15) is 0 Å². The van der Waals surface area contributed by atoms with E-state index in [0.29, 0.717) is 5.41 Å². The molecule has 1 atom stereocenters. The maximum atomic E-state index is 2.51. The molecule has 0 aliphatic carbocycles. The zero-order valence-electron chi connectivity index (χ0n) is 9.60. The van der Waals surface area contributed by atoms with E-state index < -0.39 is 0 Å². The largest absolute Gasteiger partial charge is 0.306 e. The summed E-state index contributed by atoms with van der Waals surface area (Å²) >= 11 is 0. The molecule has 0 aromatic rings. The van der Waals surface area contributed by atoms with Crippen molar-refractivity contribution in [2.75, 3.05) is 20.1 Å². The molecule has 1 fully saturated rings. The van der Waals surface area contributed by atoms with Crippen LogP contribution >= 0.6 is 0 Å². The van der Waals surface area contributed by atoms with Crippen LogP contribution in [0, 0.1) is 5.41 Å². The van der Waals surface area contributed by atoms with Crippen molar-refractivity contribution in [3.63, 3.8) is 0 Å². The number of nitrogens with zero attached hydrogens (tertiary/aromatic N) is 1. The van der Waals surface area contributed by atoms with Gasteiger partial charge in [-0.2, -0.15) is 0 Å². The molecule has 1 rings (SSSR count). The van der Waals surface area contributed by atoms with E-state index in [1.54, 1.807) is 0 Å². The van der Waals surface area contributed by atoms with Gasteiger partial charge in [-0.25, -0.2) is 0 Å². The molecule has 1 nitrogen and oxygen atoms in total. The fourth-order valence-electron chi connectivity index (χ4n) is 2.77. The van der Waals surface area contributed by atoms with Crippen LogP contribution in [0.25, 0.3) is 0 Å². The first-order valence-electron chi connectivity index (χ1n) is 5.91. The van der Waals surface area contributed by atoms with Crippen LogP contribution in [0.5, 0.6) is 0 Å². The second kappa shape index (κ2) is 4.99. The van der Waals surface area contributed by atoms with Gasteiger partial charge < -0.3 is 4.90 Å². The number of hydrogen-bond acceptors (Lipinski definition) is 1. The third kappa shape index (κ3) is 2.98. The molecule has 1 aliphatic rings. The Labute approximate surface area is 83.5 Å². The minimum absolute atomic E-state index is 0.694. The number of unbranched alkanes of at least 4 members (excludes halogenated alkanes) is 1. The van der Waals surface area contributed by atoms with E-state index in [0.717, 1.165) is 0 Å². The van der Waals surface area contributed by atoms with Crippen LogP contribution in [0.2, 0.25) is 0 Å². The summed E-state index contributed by atoms with van der Waals surface area (Å²) in [6, 6.07) is 0. The summed E-state index contributed by atoms with van der Waals surface area (Å²) in [6.07, 6.45) is 8.48. The summed E-state index contributed by atoms with van der Waals surface area (Å²) in [5.74, 6) is 0. The van der Waals surface area contributed by atoms with E-state index in [1.165, 1.54) is 51.6 Å². The molecule has 1 saturated heterocycles. The summed E-state index contributed by atoms with van der Waals surface area (Å²) in [7, 11) is 2.27. The molecular formula is C12H25N. The van der Waals surface area contributed by atoms with Gasteiger partial charge in [0.25, 0.3) is 0 Å². The molecule has 0 spiro atoms. The van der Waals surface area contributed by atoms with E-state index in [4.69, 9.17) is 0 Å². The summed E-state index contributed by atoms with van der Waals surface area (Å²) in [5.41, 5.74) is 0.694. The molecule has 1 aliphatic heterocycles. The lowest BCUT2D eigenvalue weighted by Crippen LogP contribution is -2.24. The van der Waals surface area contributed by atoms with Crippen LogP contribution in [-0.4, -0.2) is 25.0 Å². The second-order valence-electron chi connectivity index (χ2n) is 4.84. The Balaban J connectivity index is 2.44. The first kappa shape index (κ1) is 11.0. The topological polar surface area (TPSA) is 3.24 Å². The van der Waals surface area contributed by atoms with E-state index in [-0.39, 0.29) is 0 Å². The summed E-state index contributed by atoms with van der Waals surface area (Å²) < 4.78 is 0. The zero-order chi connectivity index (χ0) is 9.73. The molecule has 0 bridgehead atoms. The van der Waals surface area contributed by atoms with Crippen LogP contribution < -0.4 is 0 Å². The smallest absolute Gasteiger partial charge is 0.00354 e. The van der Waals surface area contributed by atoms with Crippen molar-refractivity contribution in [2.24, 2.45) is 5.41 Å². The van der Waals surface area contributed by atoms with Crippen molar-refractivity contribution < 1.29 is 0 Å². The van der Waals surface area contributed by atoms with Gasteiger partial charge in [-0.15, -0.1) is 0 Å². The van der Waals surface area contributed by atoms with Gasteiger partial charge >= 0.3 is 0 Å². The van der Waals surface area contributed by atoms with Crippen molar-refractivity contribution in [3.8, 4) is 0 Å². The molecule has 13 heavy (non-hydrogen) atoms. The van der Waals surface area contributed by atoms with Crippen molar-refractivity contribution in [3.05, 3.63) is 0 Å². The quantitative estimate of drug-likeness (QED) is 0.632. The predicted octanol–water partition coefficient (Wildman–Crippen LogP) is 3.30. The Morgan fingerprint density at radius 1 is 1.15 bits per heavy atom. The number of hydrogen-bond donors (Lipinski definition) is 0. The highest BCUT2D eigenvalue weighted by Crippen LogP contribution is 2.39. The first-order chi connectivity index (χ1) is 6.22. The van der Waals surface area contributed by atoms with Gasteiger partial charge in [-0.1, -0.05) is 33.1 Å². The van der Waals surface area contributed by atoms with Crippen molar-refractivity contribution in [1.29, 1.82) is 0 Å². The maximum Gasteiger partial charge on any atom is 0.00354 e.